The predicted molar refractivity (Wildman–Crippen MR) is 196 cm³/mol. The van der Waals surface area contributed by atoms with Gasteiger partial charge in [-0.05, 0) is 81.0 Å². The molecule has 9 rings (SSSR count). The van der Waals surface area contributed by atoms with Crippen molar-refractivity contribution in [3.63, 3.8) is 0 Å². The molecule has 6 aromatic carbocycles. The molecule has 0 radical (unpaired) electrons. The highest BCUT2D eigenvalue weighted by molar-refractivity contribution is 6.92. The Morgan fingerprint density at radius 1 is 0.522 bits per heavy atom. The first-order valence-corrected chi connectivity index (χ1v) is 16.2. The molecule has 2 aliphatic heterocycles. The highest BCUT2D eigenvalue weighted by Gasteiger charge is 2.55. The van der Waals surface area contributed by atoms with Gasteiger partial charge in [-0.25, -0.2) is 0 Å². The van der Waals surface area contributed by atoms with Crippen LogP contribution in [0.25, 0.3) is 22.3 Å². The molecule has 0 N–H and O–H groups in total. The van der Waals surface area contributed by atoms with E-state index in [1.54, 1.807) is 0 Å². The zero-order valence-corrected chi connectivity index (χ0v) is 25.8. The van der Waals surface area contributed by atoms with Crippen LogP contribution in [0.4, 0.5) is 28.4 Å². The second kappa shape index (κ2) is 10.5. The zero-order chi connectivity index (χ0) is 30.7. The van der Waals surface area contributed by atoms with Crippen molar-refractivity contribution in [2.75, 3.05) is 9.80 Å². The lowest BCUT2D eigenvalue weighted by Gasteiger charge is -2.55. The largest absolute Gasteiger partial charge is 0.335 e. The molecule has 0 saturated heterocycles. The maximum atomic E-state index is 2.57. The number of hydrogen-bond acceptors (Lipinski definition) is 2. The zero-order valence-electron chi connectivity index (χ0n) is 25.8. The summed E-state index contributed by atoms with van der Waals surface area (Å²) in [7, 11) is 0. The van der Waals surface area contributed by atoms with Crippen molar-refractivity contribution in [3.8, 4) is 22.3 Å². The van der Waals surface area contributed by atoms with Crippen LogP contribution in [0.2, 0.25) is 5.31 Å². The van der Waals surface area contributed by atoms with Crippen LogP contribution >= 0.6 is 0 Å². The average Bonchev–Trinajstić information content (AvgIpc) is 3.12. The summed E-state index contributed by atoms with van der Waals surface area (Å²) in [5.74, 6) is 0. The standard InChI is InChI=1S/C43H33BN2/c1-43-29-12-11-22-41(43)46(35-18-9-4-10-19-35)40-21-13-20-39-42(40)44(43)37-30-34(32-16-7-3-8-17-32)25-28-38(37)45(39)36-26-23-33(24-27-36)31-14-5-2-6-15-31/h2-30,41H,1H3. The van der Waals surface area contributed by atoms with Gasteiger partial charge >= 0.3 is 0 Å². The summed E-state index contributed by atoms with van der Waals surface area (Å²) >= 11 is 0. The molecule has 46 heavy (non-hydrogen) atoms. The average molecular weight is 589 g/mol. The molecule has 0 spiro atoms. The summed E-state index contributed by atoms with van der Waals surface area (Å²) in [6.07, 6.45) is 9.34. The fraction of sp³-hybridized carbons (Fsp3) is 0.0698. The smallest absolute Gasteiger partial charge is 0.229 e. The maximum absolute atomic E-state index is 2.57. The Hall–Kier alpha value is -5.54. The van der Waals surface area contributed by atoms with Gasteiger partial charge in [0.15, 0.2) is 0 Å². The van der Waals surface area contributed by atoms with Crippen molar-refractivity contribution < 1.29 is 0 Å². The molecule has 218 valence electrons. The van der Waals surface area contributed by atoms with E-state index < -0.39 is 0 Å². The van der Waals surface area contributed by atoms with Crippen molar-refractivity contribution in [2.45, 2.75) is 18.3 Å². The fourth-order valence-corrected chi connectivity index (χ4v) is 8.09. The lowest BCUT2D eigenvalue weighted by molar-refractivity contribution is 0.614. The van der Waals surface area contributed by atoms with Gasteiger partial charge in [-0.1, -0.05) is 140 Å². The second-order valence-corrected chi connectivity index (χ2v) is 12.8. The molecular formula is C43H33BN2. The topological polar surface area (TPSA) is 6.48 Å². The molecule has 1 aliphatic carbocycles. The summed E-state index contributed by atoms with van der Waals surface area (Å²) in [4.78, 5) is 5.06. The minimum absolute atomic E-state index is 0.164. The first kappa shape index (κ1) is 26.8. The second-order valence-electron chi connectivity index (χ2n) is 12.8. The normalized spacial score (nSPS) is 19.0. The van der Waals surface area contributed by atoms with Gasteiger partial charge < -0.3 is 9.80 Å². The van der Waals surface area contributed by atoms with Gasteiger partial charge in [-0.3, -0.25) is 0 Å². The number of allylic oxidation sites excluding steroid dienone is 2. The quantitative estimate of drug-likeness (QED) is 0.189. The van der Waals surface area contributed by atoms with Crippen LogP contribution in [0.1, 0.15) is 6.92 Å². The van der Waals surface area contributed by atoms with Crippen molar-refractivity contribution in [1.29, 1.82) is 0 Å². The molecule has 0 aromatic heterocycles. The van der Waals surface area contributed by atoms with Gasteiger partial charge in [0.1, 0.15) is 0 Å². The van der Waals surface area contributed by atoms with Gasteiger partial charge in [-0.15, -0.1) is 0 Å². The molecule has 0 bridgehead atoms. The third-order valence-corrected chi connectivity index (χ3v) is 10.2. The van der Waals surface area contributed by atoms with Crippen LogP contribution in [0.3, 0.4) is 0 Å². The van der Waals surface area contributed by atoms with E-state index in [4.69, 9.17) is 0 Å². The van der Waals surface area contributed by atoms with Crippen molar-refractivity contribution in [3.05, 3.63) is 176 Å². The molecule has 2 unspecified atom stereocenters. The molecule has 0 fully saturated rings. The lowest BCUT2D eigenvalue weighted by Crippen LogP contribution is -2.65. The minimum Gasteiger partial charge on any atom is -0.335 e. The molecule has 0 amide bonds. The summed E-state index contributed by atoms with van der Waals surface area (Å²) in [5.41, 5.74) is 13.8. The Morgan fingerprint density at radius 2 is 1.13 bits per heavy atom. The third-order valence-electron chi connectivity index (χ3n) is 10.2. The number of benzene rings is 6. The number of fused-ring (bicyclic) bond motifs is 4. The van der Waals surface area contributed by atoms with Gasteiger partial charge in [0.25, 0.3) is 0 Å². The van der Waals surface area contributed by atoms with E-state index >= 15 is 0 Å². The molecule has 2 heterocycles. The Labute approximate surface area is 271 Å². The van der Waals surface area contributed by atoms with E-state index in [0.29, 0.717) is 0 Å². The Balaban J connectivity index is 1.31. The minimum atomic E-state index is -0.180. The maximum Gasteiger partial charge on any atom is 0.229 e. The summed E-state index contributed by atoms with van der Waals surface area (Å²) in [6, 6.07) is 55.6. The van der Waals surface area contributed by atoms with Gasteiger partial charge in [0.2, 0.25) is 6.71 Å². The molecular weight excluding hydrogens is 555 g/mol. The summed E-state index contributed by atoms with van der Waals surface area (Å²) in [5, 5.41) is -0.180. The van der Waals surface area contributed by atoms with E-state index in [0.717, 1.165) is 5.69 Å². The van der Waals surface area contributed by atoms with Crippen molar-refractivity contribution in [2.24, 2.45) is 0 Å². The van der Waals surface area contributed by atoms with Gasteiger partial charge in [0.05, 0.1) is 6.04 Å². The van der Waals surface area contributed by atoms with Crippen LogP contribution < -0.4 is 20.7 Å². The predicted octanol–water partition coefficient (Wildman–Crippen LogP) is 9.82. The molecule has 2 atom stereocenters. The highest BCUT2D eigenvalue weighted by Crippen LogP contribution is 2.53. The summed E-state index contributed by atoms with van der Waals surface area (Å²) in [6.45, 7) is 2.63. The van der Waals surface area contributed by atoms with E-state index in [9.17, 15) is 0 Å². The number of anilines is 5. The fourth-order valence-electron chi connectivity index (χ4n) is 8.09. The summed E-state index contributed by atoms with van der Waals surface area (Å²) < 4.78 is 0. The number of rotatable bonds is 4. The first-order chi connectivity index (χ1) is 22.7. The molecule has 6 aromatic rings. The van der Waals surface area contributed by atoms with E-state index in [1.807, 2.05) is 0 Å². The third kappa shape index (κ3) is 4.05. The number of hydrogen-bond donors (Lipinski definition) is 0. The monoisotopic (exact) mass is 588 g/mol. The Kier molecular flexibility index (Phi) is 6.14. The number of nitrogens with zero attached hydrogens (tertiary/aromatic N) is 2. The first-order valence-electron chi connectivity index (χ1n) is 16.2. The highest BCUT2D eigenvalue weighted by atomic mass is 15.2. The van der Waals surface area contributed by atoms with E-state index in [2.05, 4.69) is 193 Å². The van der Waals surface area contributed by atoms with Crippen LogP contribution in [-0.2, 0) is 0 Å². The van der Waals surface area contributed by atoms with Gasteiger partial charge in [-0.2, -0.15) is 0 Å². The number of para-hydroxylation sites is 1. The van der Waals surface area contributed by atoms with Crippen LogP contribution in [0.5, 0.6) is 0 Å². The van der Waals surface area contributed by atoms with Crippen LogP contribution in [-0.4, -0.2) is 12.8 Å². The molecule has 2 nitrogen and oxygen atoms in total. The Morgan fingerprint density at radius 3 is 1.85 bits per heavy atom. The molecule has 3 aliphatic rings. The van der Waals surface area contributed by atoms with E-state index in [1.165, 1.54) is 55.9 Å². The van der Waals surface area contributed by atoms with Crippen molar-refractivity contribution in [1.82, 2.24) is 0 Å². The lowest BCUT2D eigenvalue weighted by atomic mass is 9.23. The Bertz CT molecular complexity index is 2120. The van der Waals surface area contributed by atoms with E-state index in [-0.39, 0.29) is 18.1 Å². The molecule has 3 heteroatoms. The van der Waals surface area contributed by atoms with Crippen LogP contribution in [0.15, 0.2) is 176 Å². The van der Waals surface area contributed by atoms with Gasteiger partial charge in [0, 0.05) is 28.4 Å². The SMILES string of the molecule is CC12C=CC=CC1N(c1ccccc1)c1cccc3c1B2c1cc(-c2ccccc2)ccc1N3c1ccc(-c2ccccc2)cc1. The molecule has 0 saturated carbocycles. The van der Waals surface area contributed by atoms with Crippen molar-refractivity contribution >= 4 is 46.1 Å². The van der Waals surface area contributed by atoms with Crippen LogP contribution in [0, 0.1) is 0 Å².